The van der Waals surface area contributed by atoms with Crippen molar-refractivity contribution in [3.05, 3.63) is 0 Å². The van der Waals surface area contributed by atoms with Crippen molar-refractivity contribution in [1.82, 2.24) is 5.32 Å². The van der Waals surface area contributed by atoms with E-state index in [4.69, 9.17) is 5.73 Å². The molecule has 0 bridgehead atoms. The molecule has 0 aromatic heterocycles. The Kier molecular flexibility index (Phi) is 8.80. The minimum Gasteiger partial charge on any atom is -0.352 e. The first-order chi connectivity index (χ1) is 6.20. The molecule has 0 saturated carbocycles. The second-order valence-electron chi connectivity index (χ2n) is 2.78. The van der Waals surface area contributed by atoms with E-state index in [2.05, 4.69) is 12.2 Å². The lowest BCUT2D eigenvalue weighted by molar-refractivity contribution is -0.120. The Morgan fingerprint density at radius 1 is 1.54 bits per heavy atom. The molecule has 0 aliphatic carbocycles. The van der Waals surface area contributed by atoms with Crippen LogP contribution in [-0.2, 0) is 4.79 Å². The maximum absolute atomic E-state index is 10.9. The molecule has 0 rings (SSSR count). The summed E-state index contributed by atoms with van der Waals surface area (Å²) < 4.78 is 0. The third kappa shape index (κ3) is 8.46. The van der Waals surface area contributed by atoms with Gasteiger partial charge >= 0.3 is 0 Å². The van der Waals surface area contributed by atoms with Gasteiger partial charge in [0.1, 0.15) is 0 Å². The van der Waals surface area contributed by atoms with Gasteiger partial charge in [0.25, 0.3) is 0 Å². The van der Waals surface area contributed by atoms with Gasteiger partial charge in [-0.1, -0.05) is 28.5 Å². The van der Waals surface area contributed by atoms with Crippen molar-refractivity contribution >= 4 is 27.5 Å². The average Bonchev–Trinajstić information content (AvgIpc) is 2.12. The first kappa shape index (κ1) is 13.1. The van der Waals surface area contributed by atoms with E-state index < -0.39 is 0 Å². The van der Waals surface area contributed by atoms with E-state index in [1.54, 1.807) is 10.8 Å². The SMILES string of the molecule is CCCSSC[C@@H](C)NC(=O)CN. The first-order valence-electron chi connectivity index (χ1n) is 4.44. The van der Waals surface area contributed by atoms with Crippen LogP contribution in [0.1, 0.15) is 20.3 Å². The van der Waals surface area contributed by atoms with Crippen LogP contribution >= 0.6 is 21.6 Å². The quantitative estimate of drug-likeness (QED) is 0.503. The van der Waals surface area contributed by atoms with Gasteiger partial charge in [-0.2, -0.15) is 0 Å². The molecule has 1 amide bonds. The molecule has 5 heteroatoms. The fraction of sp³-hybridized carbons (Fsp3) is 0.875. The third-order valence-corrected chi connectivity index (χ3v) is 4.07. The Bertz CT molecular complexity index is 144. The summed E-state index contributed by atoms with van der Waals surface area (Å²) in [5.74, 6) is 2.03. The van der Waals surface area contributed by atoms with Crippen LogP contribution in [0, 0.1) is 0 Å². The van der Waals surface area contributed by atoms with Crippen molar-refractivity contribution in [3.63, 3.8) is 0 Å². The normalized spacial score (nSPS) is 12.5. The van der Waals surface area contributed by atoms with E-state index in [-0.39, 0.29) is 18.5 Å². The molecule has 1 atom stereocenters. The Morgan fingerprint density at radius 2 is 2.23 bits per heavy atom. The summed E-state index contributed by atoms with van der Waals surface area (Å²) >= 11 is 0. The zero-order chi connectivity index (χ0) is 10.1. The van der Waals surface area contributed by atoms with Crippen molar-refractivity contribution in [2.45, 2.75) is 26.3 Å². The van der Waals surface area contributed by atoms with Gasteiger partial charge in [-0.15, -0.1) is 0 Å². The van der Waals surface area contributed by atoms with Crippen molar-refractivity contribution in [2.75, 3.05) is 18.1 Å². The zero-order valence-electron chi connectivity index (χ0n) is 8.21. The predicted octanol–water partition coefficient (Wildman–Crippen LogP) is 1.24. The number of hydrogen-bond donors (Lipinski definition) is 2. The molecule has 0 fully saturated rings. The summed E-state index contributed by atoms with van der Waals surface area (Å²) in [6, 6.07) is 0.213. The molecule has 0 aromatic carbocycles. The van der Waals surface area contributed by atoms with Gasteiger partial charge in [0.05, 0.1) is 6.54 Å². The topological polar surface area (TPSA) is 55.1 Å². The Hall–Kier alpha value is 0.130. The van der Waals surface area contributed by atoms with Crippen LogP contribution in [0.3, 0.4) is 0 Å². The minimum absolute atomic E-state index is 0.0754. The summed E-state index contributed by atoms with van der Waals surface area (Å²) in [7, 11) is 3.65. The molecule has 0 aromatic rings. The van der Waals surface area contributed by atoms with Gasteiger partial charge in [-0.05, 0) is 13.3 Å². The number of nitrogens with two attached hydrogens (primary N) is 1. The summed E-state index contributed by atoms with van der Waals surface area (Å²) in [6.07, 6.45) is 1.20. The van der Waals surface area contributed by atoms with Gasteiger partial charge in [0.15, 0.2) is 0 Å². The van der Waals surface area contributed by atoms with E-state index in [0.717, 1.165) is 5.75 Å². The van der Waals surface area contributed by atoms with Gasteiger partial charge in [0.2, 0.25) is 5.91 Å². The molecule has 78 valence electrons. The zero-order valence-corrected chi connectivity index (χ0v) is 9.84. The van der Waals surface area contributed by atoms with Crippen molar-refractivity contribution < 1.29 is 4.79 Å². The molecule has 3 N–H and O–H groups in total. The number of carbonyl (C=O) groups excluding carboxylic acids is 1. The minimum atomic E-state index is -0.0754. The van der Waals surface area contributed by atoms with E-state index in [1.807, 2.05) is 17.7 Å². The van der Waals surface area contributed by atoms with Gasteiger partial charge in [-0.25, -0.2) is 0 Å². The summed E-state index contributed by atoms with van der Waals surface area (Å²) in [6.45, 7) is 4.23. The summed E-state index contributed by atoms with van der Waals surface area (Å²) in [4.78, 5) is 10.9. The average molecular weight is 222 g/mol. The Balaban J connectivity index is 3.29. The second kappa shape index (κ2) is 8.72. The van der Waals surface area contributed by atoms with Crippen LogP contribution in [0.4, 0.5) is 0 Å². The van der Waals surface area contributed by atoms with E-state index >= 15 is 0 Å². The van der Waals surface area contributed by atoms with Crippen LogP contribution < -0.4 is 11.1 Å². The molecule has 0 spiro atoms. The van der Waals surface area contributed by atoms with Crippen LogP contribution in [0.5, 0.6) is 0 Å². The largest absolute Gasteiger partial charge is 0.352 e. The van der Waals surface area contributed by atoms with Gasteiger partial charge in [0, 0.05) is 17.5 Å². The molecule has 0 aliphatic rings. The van der Waals surface area contributed by atoms with E-state index in [0.29, 0.717) is 0 Å². The van der Waals surface area contributed by atoms with E-state index in [1.165, 1.54) is 12.2 Å². The van der Waals surface area contributed by atoms with Gasteiger partial charge < -0.3 is 11.1 Å². The number of rotatable bonds is 7. The highest BCUT2D eigenvalue weighted by Gasteiger charge is 2.04. The molecule has 0 heterocycles. The maximum atomic E-state index is 10.9. The number of hydrogen-bond acceptors (Lipinski definition) is 4. The lowest BCUT2D eigenvalue weighted by Crippen LogP contribution is -2.38. The smallest absolute Gasteiger partial charge is 0.233 e. The molecule has 0 unspecified atom stereocenters. The number of amides is 1. The maximum Gasteiger partial charge on any atom is 0.233 e. The Labute approximate surface area is 88.0 Å². The van der Waals surface area contributed by atoms with Crippen LogP contribution in [0.15, 0.2) is 0 Å². The molecule has 3 nitrogen and oxygen atoms in total. The van der Waals surface area contributed by atoms with Crippen LogP contribution in [0.25, 0.3) is 0 Å². The predicted molar refractivity (Wildman–Crippen MR) is 61.9 cm³/mol. The fourth-order valence-electron chi connectivity index (χ4n) is 0.668. The van der Waals surface area contributed by atoms with Crippen LogP contribution in [0.2, 0.25) is 0 Å². The summed E-state index contributed by atoms with van der Waals surface area (Å²) in [5, 5.41) is 2.81. The Morgan fingerprint density at radius 3 is 2.77 bits per heavy atom. The first-order valence-corrected chi connectivity index (χ1v) is 6.93. The van der Waals surface area contributed by atoms with Crippen molar-refractivity contribution in [1.29, 1.82) is 0 Å². The van der Waals surface area contributed by atoms with E-state index in [9.17, 15) is 4.79 Å². The number of nitrogens with one attached hydrogen (secondary N) is 1. The van der Waals surface area contributed by atoms with Gasteiger partial charge in [-0.3, -0.25) is 4.79 Å². The highest BCUT2D eigenvalue weighted by Crippen LogP contribution is 2.22. The molecule has 0 aliphatic heterocycles. The fourth-order valence-corrected chi connectivity index (χ4v) is 3.09. The lowest BCUT2D eigenvalue weighted by atomic mass is 10.4. The summed E-state index contributed by atoms with van der Waals surface area (Å²) in [5.41, 5.74) is 5.17. The standard InChI is InChI=1S/C8H18N2OS2/c1-3-4-12-13-6-7(2)10-8(11)5-9/h7H,3-6,9H2,1-2H3,(H,10,11)/t7-/m1/s1. The molecule has 0 radical (unpaired) electrons. The molecular weight excluding hydrogens is 204 g/mol. The van der Waals surface area contributed by atoms with Crippen LogP contribution in [-0.4, -0.2) is 30.0 Å². The number of carbonyl (C=O) groups is 1. The van der Waals surface area contributed by atoms with Crippen molar-refractivity contribution in [2.24, 2.45) is 5.73 Å². The highest BCUT2D eigenvalue weighted by atomic mass is 33.1. The molecule has 0 saturated heterocycles. The van der Waals surface area contributed by atoms with Crippen molar-refractivity contribution in [3.8, 4) is 0 Å². The highest BCUT2D eigenvalue weighted by molar-refractivity contribution is 8.76. The second-order valence-corrected chi connectivity index (χ2v) is 5.41. The lowest BCUT2D eigenvalue weighted by Gasteiger charge is -2.11. The molecular formula is C8H18N2OS2. The monoisotopic (exact) mass is 222 g/mol. The third-order valence-electron chi connectivity index (χ3n) is 1.28. The molecule has 13 heavy (non-hydrogen) atoms.